The maximum Gasteiger partial charge on any atom is 0.115 e. The summed E-state index contributed by atoms with van der Waals surface area (Å²) in [5.74, 6) is 0. The molecule has 0 aromatic heterocycles. The summed E-state index contributed by atoms with van der Waals surface area (Å²) in [5, 5.41) is 36.2. The van der Waals surface area contributed by atoms with E-state index >= 15 is 0 Å². The zero-order valence-electron chi connectivity index (χ0n) is 6.79. The van der Waals surface area contributed by atoms with Gasteiger partial charge < -0.3 is 25.2 Å². The Morgan fingerprint density at radius 2 is 1.92 bits per heavy atom. The molecule has 1 rings (SSSR count). The van der Waals surface area contributed by atoms with Crippen LogP contribution in [0.2, 0.25) is 0 Å². The van der Waals surface area contributed by atoms with Crippen molar-refractivity contribution < 1.29 is 25.2 Å². The van der Waals surface area contributed by atoms with Crippen molar-refractivity contribution in [3.05, 3.63) is 0 Å². The number of hydrogen-bond donors (Lipinski definition) is 4. The van der Waals surface area contributed by atoms with Crippen molar-refractivity contribution in [2.24, 2.45) is 0 Å². The largest absolute Gasteiger partial charge is 0.394 e. The monoisotopic (exact) mass is 178 g/mol. The molecule has 72 valence electrons. The summed E-state index contributed by atoms with van der Waals surface area (Å²) in [4.78, 5) is 0. The molecule has 0 unspecified atom stereocenters. The average Bonchev–Trinajstić information content (AvgIpc) is 2.32. The van der Waals surface area contributed by atoms with Gasteiger partial charge in [0.2, 0.25) is 0 Å². The van der Waals surface area contributed by atoms with Gasteiger partial charge in [0.25, 0.3) is 0 Å². The lowest BCUT2D eigenvalue weighted by Gasteiger charge is -2.18. The first-order valence-electron chi connectivity index (χ1n) is 3.88. The van der Waals surface area contributed by atoms with Crippen molar-refractivity contribution in [2.75, 3.05) is 6.61 Å². The molecular weight excluding hydrogens is 164 g/mol. The first-order chi connectivity index (χ1) is 5.57. The fraction of sp³-hybridized carbons (Fsp3) is 1.00. The van der Waals surface area contributed by atoms with Gasteiger partial charge in [-0.1, -0.05) is 0 Å². The van der Waals surface area contributed by atoms with E-state index in [0.29, 0.717) is 0 Å². The molecule has 5 nitrogen and oxygen atoms in total. The SMILES string of the molecule is C[C@@H]1O[C@@H]([C@H](O)CO)[C@@H](O)[C@@H]1O. The molecule has 1 fully saturated rings. The molecule has 0 amide bonds. The van der Waals surface area contributed by atoms with Gasteiger partial charge in [0.15, 0.2) is 0 Å². The fourth-order valence-corrected chi connectivity index (χ4v) is 1.30. The minimum atomic E-state index is -1.14. The van der Waals surface area contributed by atoms with Crippen molar-refractivity contribution in [3.8, 4) is 0 Å². The third-order valence-corrected chi connectivity index (χ3v) is 2.11. The van der Waals surface area contributed by atoms with Gasteiger partial charge in [0, 0.05) is 0 Å². The van der Waals surface area contributed by atoms with Gasteiger partial charge in [-0.2, -0.15) is 0 Å². The van der Waals surface area contributed by atoms with Crippen LogP contribution in [0.4, 0.5) is 0 Å². The van der Waals surface area contributed by atoms with Gasteiger partial charge in [0.1, 0.15) is 24.4 Å². The summed E-state index contributed by atoms with van der Waals surface area (Å²) in [6, 6.07) is 0. The third-order valence-electron chi connectivity index (χ3n) is 2.11. The highest BCUT2D eigenvalue weighted by atomic mass is 16.6. The Morgan fingerprint density at radius 1 is 1.33 bits per heavy atom. The van der Waals surface area contributed by atoms with Crippen molar-refractivity contribution in [2.45, 2.75) is 37.4 Å². The summed E-state index contributed by atoms with van der Waals surface area (Å²) < 4.78 is 5.03. The molecule has 0 aromatic carbocycles. The predicted molar refractivity (Wildman–Crippen MR) is 39.4 cm³/mol. The molecule has 1 heterocycles. The lowest BCUT2D eigenvalue weighted by Crippen LogP contribution is -2.40. The molecule has 1 aliphatic rings. The Balaban J connectivity index is 2.58. The van der Waals surface area contributed by atoms with E-state index in [2.05, 4.69) is 0 Å². The lowest BCUT2D eigenvalue weighted by atomic mass is 10.1. The highest BCUT2D eigenvalue weighted by Crippen LogP contribution is 2.22. The second-order valence-electron chi connectivity index (χ2n) is 3.04. The van der Waals surface area contributed by atoms with Crippen LogP contribution in [0.15, 0.2) is 0 Å². The summed E-state index contributed by atoms with van der Waals surface area (Å²) in [6.45, 7) is 1.11. The van der Waals surface area contributed by atoms with Gasteiger partial charge in [-0.15, -0.1) is 0 Å². The van der Waals surface area contributed by atoms with Gasteiger partial charge in [-0.25, -0.2) is 0 Å². The molecular formula is C7H14O5. The van der Waals surface area contributed by atoms with E-state index in [0.717, 1.165) is 0 Å². The molecule has 0 spiro atoms. The van der Waals surface area contributed by atoms with Crippen molar-refractivity contribution in [1.29, 1.82) is 0 Å². The van der Waals surface area contributed by atoms with Crippen LogP contribution in [0.25, 0.3) is 0 Å². The van der Waals surface area contributed by atoms with E-state index in [9.17, 15) is 10.2 Å². The highest BCUT2D eigenvalue weighted by molar-refractivity contribution is 4.91. The Morgan fingerprint density at radius 3 is 2.25 bits per heavy atom. The van der Waals surface area contributed by atoms with Crippen molar-refractivity contribution >= 4 is 0 Å². The number of ether oxygens (including phenoxy) is 1. The van der Waals surface area contributed by atoms with Crippen LogP contribution in [-0.4, -0.2) is 57.6 Å². The van der Waals surface area contributed by atoms with E-state index in [1.807, 2.05) is 0 Å². The predicted octanol–water partition coefficient (Wildman–Crippen LogP) is -2.15. The van der Waals surface area contributed by atoms with E-state index in [1.165, 1.54) is 0 Å². The van der Waals surface area contributed by atoms with Crippen molar-refractivity contribution in [3.63, 3.8) is 0 Å². The normalized spacial score (nSPS) is 44.8. The molecule has 4 N–H and O–H groups in total. The molecule has 0 bridgehead atoms. The lowest BCUT2D eigenvalue weighted by molar-refractivity contribution is -0.0786. The molecule has 5 heteroatoms. The van der Waals surface area contributed by atoms with Crippen LogP contribution in [0.5, 0.6) is 0 Å². The Kier molecular flexibility index (Phi) is 3.03. The zero-order chi connectivity index (χ0) is 9.30. The molecule has 0 radical (unpaired) electrons. The molecule has 5 atom stereocenters. The Hall–Kier alpha value is -0.200. The molecule has 12 heavy (non-hydrogen) atoms. The summed E-state index contributed by atoms with van der Waals surface area (Å²) in [7, 11) is 0. The molecule has 1 saturated heterocycles. The van der Waals surface area contributed by atoms with E-state index in [-0.39, 0.29) is 0 Å². The van der Waals surface area contributed by atoms with Crippen LogP contribution in [0.3, 0.4) is 0 Å². The Bertz CT molecular complexity index is 151. The summed E-state index contributed by atoms with van der Waals surface area (Å²) in [6.07, 6.45) is -4.65. The minimum Gasteiger partial charge on any atom is -0.394 e. The smallest absolute Gasteiger partial charge is 0.115 e. The number of hydrogen-bond acceptors (Lipinski definition) is 5. The van der Waals surface area contributed by atoms with E-state index in [1.54, 1.807) is 6.92 Å². The fourth-order valence-electron chi connectivity index (χ4n) is 1.30. The zero-order valence-corrected chi connectivity index (χ0v) is 6.79. The molecule has 0 saturated carbocycles. The van der Waals surface area contributed by atoms with Crippen LogP contribution < -0.4 is 0 Å². The van der Waals surface area contributed by atoms with Gasteiger partial charge in [-0.05, 0) is 6.92 Å². The standard InChI is InChI=1S/C7H14O5/c1-3-5(10)6(11)7(12-3)4(9)2-8/h3-11H,2H2,1H3/t3-,4+,5+,6-,7-/m0/s1. The molecule has 1 aliphatic heterocycles. The molecule has 0 aliphatic carbocycles. The second-order valence-corrected chi connectivity index (χ2v) is 3.04. The van der Waals surface area contributed by atoms with Crippen LogP contribution >= 0.6 is 0 Å². The van der Waals surface area contributed by atoms with E-state index < -0.39 is 37.1 Å². The summed E-state index contributed by atoms with van der Waals surface area (Å²) in [5.41, 5.74) is 0. The average molecular weight is 178 g/mol. The van der Waals surface area contributed by atoms with Gasteiger partial charge >= 0.3 is 0 Å². The highest BCUT2D eigenvalue weighted by Gasteiger charge is 2.43. The first kappa shape index (κ1) is 9.88. The van der Waals surface area contributed by atoms with Crippen molar-refractivity contribution in [1.82, 2.24) is 0 Å². The third kappa shape index (κ3) is 1.60. The number of aliphatic hydroxyl groups excluding tert-OH is 4. The topological polar surface area (TPSA) is 90.2 Å². The van der Waals surface area contributed by atoms with Crippen LogP contribution in [0.1, 0.15) is 6.92 Å². The molecule has 0 aromatic rings. The van der Waals surface area contributed by atoms with Crippen LogP contribution in [-0.2, 0) is 4.74 Å². The maximum atomic E-state index is 9.28. The van der Waals surface area contributed by atoms with E-state index in [4.69, 9.17) is 14.9 Å². The van der Waals surface area contributed by atoms with Crippen LogP contribution in [0, 0.1) is 0 Å². The van der Waals surface area contributed by atoms with Gasteiger partial charge in [0.05, 0.1) is 12.7 Å². The van der Waals surface area contributed by atoms with Gasteiger partial charge in [-0.3, -0.25) is 0 Å². The quantitative estimate of drug-likeness (QED) is 0.387. The maximum absolute atomic E-state index is 9.28. The first-order valence-corrected chi connectivity index (χ1v) is 3.88. The second kappa shape index (κ2) is 3.68. The summed E-state index contributed by atoms with van der Waals surface area (Å²) >= 11 is 0. The number of aliphatic hydroxyl groups is 4. The number of rotatable bonds is 2. The Labute approximate surface area is 70.2 Å². The minimum absolute atomic E-state index is 0.485.